The van der Waals surface area contributed by atoms with Gasteiger partial charge in [0.2, 0.25) is 5.89 Å². The Morgan fingerprint density at radius 3 is 2.30 bits per heavy atom. The van der Waals surface area contributed by atoms with Crippen LogP contribution in [0.4, 0.5) is 11.7 Å². The Bertz CT molecular complexity index is 1040. The molecule has 4 aromatic rings. The van der Waals surface area contributed by atoms with Crippen molar-refractivity contribution in [3.8, 4) is 28.3 Å². The van der Waals surface area contributed by atoms with Crippen LogP contribution >= 0.6 is 0 Å². The summed E-state index contributed by atoms with van der Waals surface area (Å²) in [4.78, 5) is 0. The largest absolute Gasteiger partial charge is 0.497 e. The lowest BCUT2D eigenvalue weighted by Gasteiger charge is -2.09. The summed E-state index contributed by atoms with van der Waals surface area (Å²) in [5.74, 6) is 1.28. The van der Waals surface area contributed by atoms with Gasteiger partial charge in [-0.2, -0.15) is 0 Å². The highest BCUT2D eigenvalue weighted by Crippen LogP contribution is 2.32. The van der Waals surface area contributed by atoms with Crippen molar-refractivity contribution in [2.24, 2.45) is 0 Å². The lowest BCUT2D eigenvalue weighted by atomic mass is 9.96. The molecule has 0 saturated carbocycles. The molecule has 1 heterocycles. The average molecular weight is 357 g/mol. The molecule has 0 unspecified atom stereocenters. The van der Waals surface area contributed by atoms with Crippen molar-refractivity contribution in [2.75, 3.05) is 12.4 Å². The molecular weight excluding hydrogens is 338 g/mol. The molecular formula is C22H19N3O2. The molecule has 0 radical (unpaired) electrons. The summed E-state index contributed by atoms with van der Waals surface area (Å²) in [5, 5.41) is 11.4. The number of methoxy groups -OCH3 is 1. The number of hydrogen-bond donors (Lipinski definition) is 1. The molecule has 0 bridgehead atoms. The van der Waals surface area contributed by atoms with Crippen molar-refractivity contribution in [3.63, 3.8) is 0 Å². The summed E-state index contributed by atoms with van der Waals surface area (Å²) in [7, 11) is 1.64. The summed E-state index contributed by atoms with van der Waals surface area (Å²) in [6.07, 6.45) is 0. The Labute approximate surface area is 157 Å². The van der Waals surface area contributed by atoms with E-state index in [4.69, 9.17) is 9.15 Å². The molecule has 0 saturated heterocycles. The SMILES string of the molecule is COc1ccc(Nc2nnc(-c3cccc(-c4ccccc4)c3C)o2)cc1. The third-order valence-electron chi connectivity index (χ3n) is 4.42. The van der Waals surface area contributed by atoms with Gasteiger partial charge >= 0.3 is 6.01 Å². The van der Waals surface area contributed by atoms with Crippen LogP contribution in [0.3, 0.4) is 0 Å². The fraction of sp³-hybridized carbons (Fsp3) is 0.0909. The molecule has 4 rings (SSSR count). The quantitative estimate of drug-likeness (QED) is 0.513. The van der Waals surface area contributed by atoms with E-state index in [1.165, 1.54) is 0 Å². The summed E-state index contributed by atoms with van der Waals surface area (Å²) < 4.78 is 11.0. The smallest absolute Gasteiger partial charge is 0.320 e. The van der Waals surface area contributed by atoms with Gasteiger partial charge in [0.25, 0.3) is 0 Å². The van der Waals surface area contributed by atoms with Gasteiger partial charge in [-0.05, 0) is 53.9 Å². The standard InChI is InChI=1S/C22H19N3O2/c1-15-19(16-7-4-3-5-8-16)9-6-10-20(15)21-24-25-22(27-21)23-17-11-13-18(26-2)14-12-17/h3-14H,1-2H3,(H,23,25). The van der Waals surface area contributed by atoms with E-state index in [1.54, 1.807) is 7.11 Å². The summed E-state index contributed by atoms with van der Waals surface area (Å²) in [6, 6.07) is 24.2. The predicted molar refractivity (Wildman–Crippen MR) is 106 cm³/mol. The van der Waals surface area contributed by atoms with Gasteiger partial charge in [0.05, 0.1) is 7.11 Å². The first kappa shape index (κ1) is 16.8. The zero-order valence-electron chi connectivity index (χ0n) is 15.1. The molecule has 1 N–H and O–H groups in total. The second-order valence-corrected chi connectivity index (χ2v) is 6.11. The molecule has 0 amide bonds. The van der Waals surface area contributed by atoms with Gasteiger partial charge in [0.1, 0.15) is 5.75 Å². The molecule has 0 atom stereocenters. The van der Waals surface area contributed by atoms with Gasteiger partial charge in [-0.25, -0.2) is 0 Å². The van der Waals surface area contributed by atoms with Crippen molar-refractivity contribution in [2.45, 2.75) is 6.92 Å². The van der Waals surface area contributed by atoms with Gasteiger partial charge < -0.3 is 14.5 Å². The number of aromatic nitrogens is 2. The first-order chi connectivity index (χ1) is 13.2. The Kier molecular flexibility index (Phi) is 4.58. The third-order valence-corrected chi connectivity index (χ3v) is 4.42. The van der Waals surface area contributed by atoms with Crippen LogP contribution in [-0.2, 0) is 0 Å². The van der Waals surface area contributed by atoms with E-state index in [0.717, 1.165) is 33.7 Å². The van der Waals surface area contributed by atoms with E-state index in [9.17, 15) is 0 Å². The zero-order chi connectivity index (χ0) is 18.6. The average Bonchev–Trinajstić information content (AvgIpc) is 3.17. The molecule has 0 fully saturated rings. The van der Waals surface area contributed by atoms with Gasteiger partial charge in [0.15, 0.2) is 0 Å². The van der Waals surface area contributed by atoms with E-state index in [2.05, 4.69) is 40.6 Å². The topological polar surface area (TPSA) is 60.2 Å². The Morgan fingerprint density at radius 1 is 0.815 bits per heavy atom. The van der Waals surface area contributed by atoms with Crippen molar-refractivity contribution in [1.29, 1.82) is 0 Å². The summed E-state index contributed by atoms with van der Waals surface area (Å²) >= 11 is 0. The Balaban J connectivity index is 1.61. The molecule has 5 nitrogen and oxygen atoms in total. The van der Waals surface area contributed by atoms with Gasteiger partial charge in [0, 0.05) is 11.3 Å². The lowest BCUT2D eigenvalue weighted by Crippen LogP contribution is -1.90. The van der Waals surface area contributed by atoms with E-state index in [0.29, 0.717) is 11.9 Å². The number of nitrogens with zero attached hydrogens (tertiary/aromatic N) is 2. The zero-order valence-corrected chi connectivity index (χ0v) is 15.1. The minimum Gasteiger partial charge on any atom is -0.497 e. The number of benzene rings is 3. The summed E-state index contributed by atoms with van der Waals surface area (Å²) in [6.45, 7) is 2.07. The maximum absolute atomic E-state index is 5.84. The molecule has 27 heavy (non-hydrogen) atoms. The lowest BCUT2D eigenvalue weighted by molar-refractivity contribution is 0.415. The van der Waals surface area contributed by atoms with Crippen LogP contribution in [0.5, 0.6) is 5.75 Å². The minimum absolute atomic E-state index is 0.347. The van der Waals surface area contributed by atoms with Crippen LogP contribution in [0.1, 0.15) is 5.56 Å². The third kappa shape index (κ3) is 3.53. The minimum atomic E-state index is 0.347. The van der Waals surface area contributed by atoms with Crippen LogP contribution in [0.25, 0.3) is 22.6 Å². The number of ether oxygens (including phenoxy) is 1. The van der Waals surface area contributed by atoms with Crippen LogP contribution in [-0.4, -0.2) is 17.3 Å². The number of anilines is 2. The predicted octanol–water partition coefficient (Wildman–Crippen LogP) is 5.46. The van der Waals surface area contributed by atoms with Crippen LogP contribution in [0.15, 0.2) is 77.2 Å². The van der Waals surface area contributed by atoms with Crippen LogP contribution < -0.4 is 10.1 Å². The van der Waals surface area contributed by atoms with Gasteiger partial charge in [-0.15, -0.1) is 5.10 Å². The van der Waals surface area contributed by atoms with Crippen LogP contribution in [0, 0.1) is 6.92 Å². The normalized spacial score (nSPS) is 10.6. The number of hydrogen-bond acceptors (Lipinski definition) is 5. The number of nitrogens with one attached hydrogen (secondary N) is 1. The summed E-state index contributed by atoms with van der Waals surface area (Å²) in [5.41, 5.74) is 5.18. The van der Waals surface area contributed by atoms with E-state index in [1.807, 2.05) is 54.6 Å². The Morgan fingerprint density at radius 2 is 1.56 bits per heavy atom. The van der Waals surface area contributed by atoms with Crippen molar-refractivity contribution in [3.05, 3.63) is 78.4 Å². The second kappa shape index (κ2) is 7.33. The molecule has 3 aromatic carbocycles. The maximum atomic E-state index is 5.84. The van der Waals surface area contributed by atoms with Crippen molar-refractivity contribution < 1.29 is 9.15 Å². The monoisotopic (exact) mass is 357 g/mol. The molecule has 0 aliphatic carbocycles. The maximum Gasteiger partial charge on any atom is 0.320 e. The van der Waals surface area contributed by atoms with Crippen molar-refractivity contribution >= 4 is 11.7 Å². The van der Waals surface area contributed by atoms with Crippen molar-refractivity contribution in [1.82, 2.24) is 10.2 Å². The van der Waals surface area contributed by atoms with Gasteiger partial charge in [-0.3, -0.25) is 0 Å². The molecule has 0 spiro atoms. The molecule has 0 aliphatic heterocycles. The molecule has 134 valence electrons. The molecule has 5 heteroatoms. The van der Waals surface area contributed by atoms with E-state index >= 15 is 0 Å². The second-order valence-electron chi connectivity index (χ2n) is 6.11. The molecule has 0 aliphatic rings. The Hall–Kier alpha value is -3.60. The number of rotatable bonds is 5. The first-order valence-corrected chi connectivity index (χ1v) is 8.64. The fourth-order valence-electron chi connectivity index (χ4n) is 2.98. The van der Waals surface area contributed by atoms with Gasteiger partial charge in [-0.1, -0.05) is 47.6 Å². The highest BCUT2D eigenvalue weighted by molar-refractivity contribution is 5.75. The van der Waals surface area contributed by atoms with Crippen LogP contribution in [0.2, 0.25) is 0 Å². The van der Waals surface area contributed by atoms with E-state index in [-0.39, 0.29) is 0 Å². The first-order valence-electron chi connectivity index (χ1n) is 8.64. The molecule has 1 aromatic heterocycles. The highest BCUT2D eigenvalue weighted by Gasteiger charge is 2.14. The fourth-order valence-corrected chi connectivity index (χ4v) is 2.98. The highest BCUT2D eigenvalue weighted by atomic mass is 16.5. The van der Waals surface area contributed by atoms with E-state index < -0.39 is 0 Å².